The molecular formula is C13H23N3O3. The summed E-state index contributed by atoms with van der Waals surface area (Å²) in [6.07, 6.45) is 0.366. The van der Waals surface area contributed by atoms with Crippen molar-refractivity contribution in [3.63, 3.8) is 0 Å². The van der Waals surface area contributed by atoms with E-state index in [-0.39, 0.29) is 11.4 Å². The van der Waals surface area contributed by atoms with Gasteiger partial charge in [-0.3, -0.25) is 9.69 Å². The Hall–Kier alpha value is -1.43. The monoisotopic (exact) mass is 269 g/mol. The molecule has 1 aromatic heterocycles. The minimum Gasteiger partial charge on any atom is -0.466 e. The Morgan fingerprint density at radius 2 is 2.11 bits per heavy atom. The first kappa shape index (κ1) is 15.6. The Labute approximate surface area is 114 Å². The summed E-state index contributed by atoms with van der Waals surface area (Å²) in [4.78, 5) is 17.5. The minimum atomic E-state index is -0.185. The van der Waals surface area contributed by atoms with Gasteiger partial charge in [0, 0.05) is 12.0 Å². The Bertz CT molecular complexity index is 410. The predicted molar refractivity (Wildman–Crippen MR) is 70.6 cm³/mol. The van der Waals surface area contributed by atoms with E-state index in [0.717, 1.165) is 0 Å². The summed E-state index contributed by atoms with van der Waals surface area (Å²) in [5.74, 6) is 1.08. The molecule has 0 spiro atoms. The van der Waals surface area contributed by atoms with Crippen LogP contribution in [-0.4, -0.2) is 41.2 Å². The van der Waals surface area contributed by atoms with Gasteiger partial charge < -0.3 is 9.26 Å². The highest BCUT2D eigenvalue weighted by atomic mass is 16.5. The normalized spacial score (nSPS) is 11.9. The molecule has 0 unspecified atom stereocenters. The molecule has 0 aliphatic carbocycles. The average Bonchev–Trinajstić information content (AvgIpc) is 2.75. The standard InChI is InChI=1S/C13H23N3O3/c1-6-18-11(17)7-8-16(5)9-10-14-12(15-19-10)13(2,3)4/h6-9H2,1-5H3. The molecule has 0 aliphatic heterocycles. The van der Waals surface area contributed by atoms with Gasteiger partial charge >= 0.3 is 5.97 Å². The van der Waals surface area contributed by atoms with E-state index in [9.17, 15) is 4.79 Å². The van der Waals surface area contributed by atoms with Crippen LogP contribution in [-0.2, 0) is 21.5 Å². The lowest BCUT2D eigenvalue weighted by Crippen LogP contribution is -2.22. The maximum absolute atomic E-state index is 11.2. The van der Waals surface area contributed by atoms with Crippen LogP contribution in [0, 0.1) is 0 Å². The molecule has 19 heavy (non-hydrogen) atoms. The van der Waals surface area contributed by atoms with Crippen LogP contribution in [0.5, 0.6) is 0 Å². The highest BCUT2D eigenvalue weighted by Gasteiger charge is 2.21. The van der Waals surface area contributed by atoms with Crippen LogP contribution < -0.4 is 0 Å². The van der Waals surface area contributed by atoms with Crippen molar-refractivity contribution >= 4 is 5.97 Å². The molecule has 0 amide bonds. The van der Waals surface area contributed by atoms with Gasteiger partial charge in [0.05, 0.1) is 19.6 Å². The zero-order valence-corrected chi connectivity index (χ0v) is 12.4. The van der Waals surface area contributed by atoms with Gasteiger partial charge in [-0.15, -0.1) is 0 Å². The largest absolute Gasteiger partial charge is 0.466 e. The lowest BCUT2D eigenvalue weighted by Gasteiger charge is -2.13. The fraction of sp³-hybridized carbons (Fsp3) is 0.769. The molecule has 108 valence electrons. The second-order valence-electron chi connectivity index (χ2n) is 5.55. The van der Waals surface area contributed by atoms with Crippen molar-refractivity contribution in [3.8, 4) is 0 Å². The van der Waals surface area contributed by atoms with E-state index in [1.54, 1.807) is 6.92 Å². The average molecular weight is 269 g/mol. The number of carbonyl (C=O) groups is 1. The summed E-state index contributed by atoms with van der Waals surface area (Å²) < 4.78 is 10.1. The van der Waals surface area contributed by atoms with Crippen molar-refractivity contribution in [2.24, 2.45) is 0 Å². The maximum Gasteiger partial charge on any atom is 0.307 e. The first-order valence-corrected chi connectivity index (χ1v) is 6.50. The summed E-state index contributed by atoms with van der Waals surface area (Å²) in [5.41, 5.74) is -0.120. The van der Waals surface area contributed by atoms with Gasteiger partial charge in [-0.1, -0.05) is 25.9 Å². The van der Waals surface area contributed by atoms with Gasteiger partial charge in [-0.2, -0.15) is 4.98 Å². The lowest BCUT2D eigenvalue weighted by atomic mass is 9.96. The van der Waals surface area contributed by atoms with Gasteiger partial charge in [0.15, 0.2) is 5.82 Å². The molecule has 6 nitrogen and oxygen atoms in total. The quantitative estimate of drug-likeness (QED) is 0.733. The molecular weight excluding hydrogens is 246 g/mol. The van der Waals surface area contributed by atoms with E-state index in [1.165, 1.54) is 0 Å². The van der Waals surface area contributed by atoms with Crippen LogP contribution >= 0.6 is 0 Å². The van der Waals surface area contributed by atoms with E-state index in [1.807, 2.05) is 32.7 Å². The molecule has 0 atom stereocenters. The molecule has 0 saturated heterocycles. The number of nitrogens with zero attached hydrogens (tertiary/aromatic N) is 3. The zero-order valence-electron chi connectivity index (χ0n) is 12.4. The van der Waals surface area contributed by atoms with Crippen LogP contribution in [0.25, 0.3) is 0 Å². The Morgan fingerprint density at radius 1 is 1.42 bits per heavy atom. The van der Waals surface area contributed by atoms with Crippen LogP contribution in [0.2, 0.25) is 0 Å². The Kier molecular flexibility index (Phi) is 5.47. The predicted octanol–water partition coefficient (Wildman–Crippen LogP) is 1.75. The van der Waals surface area contributed by atoms with E-state index < -0.39 is 0 Å². The van der Waals surface area contributed by atoms with Crippen molar-refractivity contribution < 1.29 is 14.1 Å². The number of ether oxygens (including phenoxy) is 1. The van der Waals surface area contributed by atoms with Crippen LogP contribution in [0.1, 0.15) is 45.8 Å². The number of carbonyl (C=O) groups excluding carboxylic acids is 1. The molecule has 1 heterocycles. The van der Waals surface area contributed by atoms with Crippen LogP contribution in [0.4, 0.5) is 0 Å². The second-order valence-corrected chi connectivity index (χ2v) is 5.55. The fourth-order valence-corrected chi connectivity index (χ4v) is 1.45. The molecule has 0 aliphatic rings. The number of hydrogen-bond acceptors (Lipinski definition) is 6. The summed E-state index contributed by atoms with van der Waals surface area (Å²) in [5, 5.41) is 3.96. The Balaban J connectivity index is 2.42. The summed E-state index contributed by atoms with van der Waals surface area (Å²) in [6.45, 7) is 9.45. The molecule has 6 heteroatoms. The van der Waals surface area contributed by atoms with E-state index in [0.29, 0.717) is 37.8 Å². The highest BCUT2D eigenvalue weighted by molar-refractivity contribution is 5.69. The third-order valence-electron chi connectivity index (χ3n) is 2.55. The fourth-order valence-electron chi connectivity index (χ4n) is 1.45. The number of rotatable bonds is 6. The lowest BCUT2D eigenvalue weighted by molar-refractivity contribution is -0.143. The van der Waals surface area contributed by atoms with Crippen molar-refractivity contribution in [1.29, 1.82) is 0 Å². The van der Waals surface area contributed by atoms with Crippen molar-refractivity contribution in [2.45, 2.75) is 46.1 Å². The third kappa shape index (κ3) is 5.38. The van der Waals surface area contributed by atoms with E-state index in [4.69, 9.17) is 9.26 Å². The Morgan fingerprint density at radius 3 is 2.63 bits per heavy atom. The molecule has 0 fully saturated rings. The van der Waals surface area contributed by atoms with Crippen molar-refractivity contribution in [3.05, 3.63) is 11.7 Å². The topological polar surface area (TPSA) is 68.5 Å². The summed E-state index contributed by atoms with van der Waals surface area (Å²) in [7, 11) is 1.90. The zero-order chi connectivity index (χ0) is 14.5. The second kappa shape index (κ2) is 6.65. The SMILES string of the molecule is CCOC(=O)CCN(C)Cc1nc(C(C)(C)C)no1. The smallest absolute Gasteiger partial charge is 0.307 e. The number of esters is 1. The molecule has 1 rings (SSSR count). The van der Waals surface area contributed by atoms with E-state index in [2.05, 4.69) is 10.1 Å². The van der Waals surface area contributed by atoms with Gasteiger partial charge in [0.2, 0.25) is 5.89 Å². The third-order valence-corrected chi connectivity index (χ3v) is 2.55. The number of hydrogen-bond donors (Lipinski definition) is 0. The molecule has 0 aromatic carbocycles. The molecule has 0 N–H and O–H groups in total. The molecule has 1 aromatic rings. The van der Waals surface area contributed by atoms with Crippen molar-refractivity contribution in [1.82, 2.24) is 15.0 Å². The summed E-state index contributed by atoms with van der Waals surface area (Å²) >= 11 is 0. The first-order valence-electron chi connectivity index (χ1n) is 6.50. The maximum atomic E-state index is 11.2. The van der Waals surface area contributed by atoms with E-state index >= 15 is 0 Å². The molecule has 0 bridgehead atoms. The van der Waals surface area contributed by atoms with Gasteiger partial charge in [0.25, 0.3) is 0 Å². The van der Waals surface area contributed by atoms with Crippen LogP contribution in [0.3, 0.4) is 0 Å². The van der Waals surface area contributed by atoms with Gasteiger partial charge in [-0.05, 0) is 14.0 Å². The molecule has 0 radical (unpaired) electrons. The summed E-state index contributed by atoms with van der Waals surface area (Å²) in [6, 6.07) is 0. The molecule has 0 saturated carbocycles. The number of aromatic nitrogens is 2. The minimum absolute atomic E-state index is 0.120. The van der Waals surface area contributed by atoms with Gasteiger partial charge in [0.1, 0.15) is 0 Å². The highest BCUT2D eigenvalue weighted by Crippen LogP contribution is 2.18. The van der Waals surface area contributed by atoms with Crippen molar-refractivity contribution in [2.75, 3.05) is 20.2 Å². The van der Waals surface area contributed by atoms with Crippen LogP contribution in [0.15, 0.2) is 4.52 Å². The first-order chi connectivity index (χ1) is 8.82. The van der Waals surface area contributed by atoms with Gasteiger partial charge in [-0.25, -0.2) is 0 Å².